The molecule has 0 saturated carbocycles. The van der Waals surface area contributed by atoms with Crippen molar-refractivity contribution in [3.05, 3.63) is 52.1 Å². The summed E-state index contributed by atoms with van der Waals surface area (Å²) in [6, 6.07) is 5.10. The largest absolute Gasteiger partial charge is 0.496 e. The normalized spacial score (nSPS) is 19.3. The first kappa shape index (κ1) is 17.2. The third-order valence-electron chi connectivity index (χ3n) is 5.06. The van der Waals surface area contributed by atoms with Crippen LogP contribution in [0, 0.1) is 0 Å². The van der Waals surface area contributed by atoms with Gasteiger partial charge in [-0.05, 0) is 31.2 Å². The van der Waals surface area contributed by atoms with Gasteiger partial charge in [0, 0.05) is 48.8 Å². The highest BCUT2D eigenvalue weighted by Gasteiger charge is 2.27. The molecule has 2 aliphatic heterocycles. The Labute approximate surface area is 157 Å². The minimum Gasteiger partial charge on any atom is -0.496 e. The van der Waals surface area contributed by atoms with Crippen LogP contribution in [0.15, 0.2) is 24.4 Å². The average molecular weight is 373 g/mol. The monoisotopic (exact) mass is 372 g/mol. The maximum atomic E-state index is 13.0. The average Bonchev–Trinajstić information content (AvgIpc) is 3.21. The number of fused-ring (bicyclic) bond motifs is 1. The van der Waals surface area contributed by atoms with E-state index in [-0.39, 0.29) is 5.91 Å². The number of benzene rings is 1. The lowest BCUT2D eigenvalue weighted by Gasteiger charge is -2.29. The second-order valence-electron chi connectivity index (χ2n) is 6.71. The van der Waals surface area contributed by atoms with Gasteiger partial charge in [0.1, 0.15) is 11.6 Å². The number of hydrogen-bond acceptors (Lipinski definition) is 5. The number of hydrogen-bond donors (Lipinski definition) is 1. The van der Waals surface area contributed by atoms with Gasteiger partial charge >= 0.3 is 0 Å². The summed E-state index contributed by atoms with van der Waals surface area (Å²) in [6.45, 7) is 3.10. The minimum atomic E-state index is -0.0842. The molecule has 136 valence electrons. The molecule has 1 saturated heterocycles. The summed E-state index contributed by atoms with van der Waals surface area (Å²) in [5, 5.41) is 3.87. The van der Waals surface area contributed by atoms with Crippen molar-refractivity contribution >= 4 is 17.5 Å². The fourth-order valence-corrected chi connectivity index (χ4v) is 3.77. The van der Waals surface area contributed by atoms with Crippen LogP contribution in [0.25, 0.3) is 0 Å². The summed E-state index contributed by atoms with van der Waals surface area (Å²) in [5.74, 6) is 1.77. The van der Waals surface area contributed by atoms with E-state index in [0.29, 0.717) is 35.3 Å². The Balaban J connectivity index is 1.55. The second-order valence-corrected chi connectivity index (χ2v) is 7.15. The number of aromatic nitrogens is 2. The van der Waals surface area contributed by atoms with Crippen LogP contribution < -0.4 is 10.1 Å². The number of nitrogens with zero attached hydrogens (tertiary/aromatic N) is 3. The highest BCUT2D eigenvalue weighted by molar-refractivity contribution is 6.31. The Kier molecular flexibility index (Phi) is 4.78. The lowest BCUT2D eigenvalue weighted by atomic mass is 10.0. The van der Waals surface area contributed by atoms with Crippen molar-refractivity contribution in [1.29, 1.82) is 0 Å². The number of carbonyl (C=O) groups excluding carboxylic acids is 1. The molecular formula is C19H21ClN4O2. The van der Waals surface area contributed by atoms with Crippen molar-refractivity contribution < 1.29 is 9.53 Å². The van der Waals surface area contributed by atoms with Crippen LogP contribution >= 0.6 is 11.6 Å². The van der Waals surface area contributed by atoms with Gasteiger partial charge in [-0.25, -0.2) is 9.97 Å². The lowest BCUT2D eigenvalue weighted by molar-refractivity contribution is 0.0729. The Bertz CT molecular complexity index is 836. The number of methoxy groups -OCH3 is 1. The zero-order chi connectivity index (χ0) is 18.1. The SMILES string of the molecule is COc1ccc(Cl)cc1C(=O)N1CCc2nc([C@@H]3CCNC3)ncc2C1. The summed E-state index contributed by atoms with van der Waals surface area (Å²) in [4.78, 5) is 24.1. The summed E-state index contributed by atoms with van der Waals surface area (Å²) < 4.78 is 5.32. The number of halogens is 1. The number of carbonyl (C=O) groups is 1. The highest BCUT2D eigenvalue weighted by Crippen LogP contribution is 2.27. The van der Waals surface area contributed by atoms with Crippen molar-refractivity contribution in [3.8, 4) is 5.75 Å². The molecule has 0 aliphatic carbocycles. The standard InChI is InChI=1S/C19H21ClN4O2/c1-26-17-3-2-14(20)8-15(17)19(25)24-7-5-16-13(11-24)10-22-18(23-16)12-4-6-21-9-12/h2-3,8,10,12,21H,4-7,9,11H2,1H3/t12-/m1/s1. The fourth-order valence-electron chi connectivity index (χ4n) is 3.59. The lowest BCUT2D eigenvalue weighted by Crippen LogP contribution is -2.37. The van der Waals surface area contributed by atoms with E-state index in [2.05, 4.69) is 10.3 Å². The molecule has 0 spiro atoms. The smallest absolute Gasteiger partial charge is 0.257 e. The van der Waals surface area contributed by atoms with E-state index in [1.54, 1.807) is 30.2 Å². The summed E-state index contributed by atoms with van der Waals surface area (Å²) in [7, 11) is 1.55. The number of amides is 1. The summed E-state index contributed by atoms with van der Waals surface area (Å²) in [5.41, 5.74) is 2.56. The molecule has 1 N–H and O–H groups in total. The van der Waals surface area contributed by atoms with Gasteiger partial charge in [-0.2, -0.15) is 0 Å². The third kappa shape index (κ3) is 3.27. The number of ether oxygens (including phenoxy) is 1. The molecule has 2 aliphatic rings. The van der Waals surface area contributed by atoms with Crippen LogP contribution in [-0.2, 0) is 13.0 Å². The quantitative estimate of drug-likeness (QED) is 0.896. The number of rotatable bonds is 3. The molecule has 1 aromatic carbocycles. The summed E-state index contributed by atoms with van der Waals surface area (Å²) >= 11 is 6.07. The molecule has 0 radical (unpaired) electrons. The van der Waals surface area contributed by atoms with Gasteiger partial charge in [-0.1, -0.05) is 11.6 Å². The molecule has 6 nitrogen and oxygen atoms in total. The molecule has 0 unspecified atom stereocenters. The van der Waals surface area contributed by atoms with Gasteiger partial charge in [0.05, 0.1) is 18.4 Å². The second kappa shape index (κ2) is 7.21. The predicted molar refractivity (Wildman–Crippen MR) is 98.7 cm³/mol. The van der Waals surface area contributed by atoms with Crippen LogP contribution in [0.3, 0.4) is 0 Å². The van der Waals surface area contributed by atoms with Crippen molar-refractivity contribution in [2.75, 3.05) is 26.7 Å². The third-order valence-corrected chi connectivity index (χ3v) is 5.29. The van der Waals surface area contributed by atoms with Crippen molar-refractivity contribution in [3.63, 3.8) is 0 Å². The molecule has 4 rings (SSSR count). The van der Waals surface area contributed by atoms with Gasteiger partial charge in [0.25, 0.3) is 5.91 Å². The van der Waals surface area contributed by atoms with E-state index in [9.17, 15) is 4.79 Å². The molecule has 1 fully saturated rings. The van der Waals surface area contributed by atoms with Crippen LogP contribution in [0.4, 0.5) is 0 Å². The topological polar surface area (TPSA) is 67.3 Å². The Morgan fingerprint density at radius 2 is 2.31 bits per heavy atom. The first-order valence-electron chi connectivity index (χ1n) is 8.84. The first-order chi connectivity index (χ1) is 12.7. The minimum absolute atomic E-state index is 0.0842. The number of nitrogens with one attached hydrogen (secondary N) is 1. The molecular weight excluding hydrogens is 352 g/mol. The van der Waals surface area contributed by atoms with Crippen molar-refractivity contribution in [2.45, 2.75) is 25.3 Å². The van der Waals surface area contributed by atoms with E-state index >= 15 is 0 Å². The maximum Gasteiger partial charge on any atom is 0.257 e. The molecule has 1 aromatic heterocycles. The van der Waals surface area contributed by atoms with Gasteiger partial charge in [-0.3, -0.25) is 4.79 Å². The first-order valence-corrected chi connectivity index (χ1v) is 9.21. The highest BCUT2D eigenvalue weighted by atomic mass is 35.5. The van der Waals surface area contributed by atoms with E-state index < -0.39 is 0 Å². The van der Waals surface area contributed by atoms with E-state index in [1.807, 2.05) is 6.20 Å². The predicted octanol–water partition coefficient (Wildman–Crippen LogP) is 2.41. The van der Waals surface area contributed by atoms with E-state index in [4.69, 9.17) is 21.3 Å². The Morgan fingerprint density at radius 3 is 3.08 bits per heavy atom. The van der Waals surface area contributed by atoms with Crippen LogP contribution in [0.1, 0.15) is 39.8 Å². The Hall–Kier alpha value is -2.18. The van der Waals surface area contributed by atoms with Gasteiger partial charge in [0.15, 0.2) is 0 Å². The van der Waals surface area contributed by atoms with Gasteiger partial charge < -0.3 is 15.0 Å². The van der Waals surface area contributed by atoms with Gasteiger partial charge in [-0.15, -0.1) is 0 Å². The summed E-state index contributed by atoms with van der Waals surface area (Å²) in [6.07, 6.45) is 3.70. The zero-order valence-electron chi connectivity index (χ0n) is 14.7. The molecule has 3 heterocycles. The molecule has 1 atom stereocenters. The molecule has 26 heavy (non-hydrogen) atoms. The molecule has 0 bridgehead atoms. The van der Waals surface area contributed by atoms with Crippen LogP contribution in [0.2, 0.25) is 5.02 Å². The van der Waals surface area contributed by atoms with Crippen LogP contribution in [0.5, 0.6) is 5.75 Å². The zero-order valence-corrected chi connectivity index (χ0v) is 15.4. The van der Waals surface area contributed by atoms with Gasteiger partial charge in [0.2, 0.25) is 0 Å². The van der Waals surface area contributed by atoms with E-state index in [1.165, 1.54) is 0 Å². The Morgan fingerprint density at radius 1 is 1.42 bits per heavy atom. The molecule has 7 heteroatoms. The van der Waals surface area contributed by atoms with Crippen molar-refractivity contribution in [1.82, 2.24) is 20.2 Å². The van der Waals surface area contributed by atoms with E-state index in [0.717, 1.165) is 43.0 Å². The maximum absolute atomic E-state index is 13.0. The molecule has 1 amide bonds. The fraction of sp³-hybridized carbons (Fsp3) is 0.421. The molecule has 2 aromatic rings. The van der Waals surface area contributed by atoms with Crippen molar-refractivity contribution in [2.24, 2.45) is 0 Å². The van der Waals surface area contributed by atoms with Crippen LogP contribution in [-0.4, -0.2) is 47.5 Å².